The number of hydrogen-bond acceptors (Lipinski definition) is 3. The molecule has 2 rings (SSSR count). The topological polar surface area (TPSA) is 41.5 Å². The second-order valence-corrected chi connectivity index (χ2v) is 5.56. The van der Waals surface area contributed by atoms with Crippen molar-refractivity contribution in [3.8, 4) is 0 Å². The second-order valence-electron chi connectivity index (χ2n) is 4.65. The van der Waals surface area contributed by atoms with Crippen LogP contribution in [0.4, 0.5) is 10.1 Å². The lowest BCUT2D eigenvalue weighted by Crippen LogP contribution is -2.24. The molecule has 0 heterocycles. The SMILES string of the molecule is OC(CNc1ccc(Br)cc1)COCc1ccccc1F. The van der Waals surface area contributed by atoms with Crippen LogP contribution >= 0.6 is 15.9 Å². The lowest BCUT2D eigenvalue weighted by atomic mass is 10.2. The fraction of sp³-hybridized carbons (Fsp3) is 0.250. The highest BCUT2D eigenvalue weighted by Gasteiger charge is 2.06. The summed E-state index contributed by atoms with van der Waals surface area (Å²) in [4.78, 5) is 0. The first-order chi connectivity index (χ1) is 10.1. The summed E-state index contributed by atoms with van der Waals surface area (Å²) in [6.07, 6.45) is -0.652. The number of rotatable bonds is 7. The third-order valence-electron chi connectivity index (χ3n) is 2.91. The van der Waals surface area contributed by atoms with Gasteiger partial charge < -0.3 is 15.2 Å². The molecule has 2 aromatic carbocycles. The maximum absolute atomic E-state index is 13.4. The molecule has 1 atom stereocenters. The molecule has 5 heteroatoms. The molecule has 0 amide bonds. The first kappa shape index (κ1) is 15.9. The highest BCUT2D eigenvalue weighted by molar-refractivity contribution is 9.10. The van der Waals surface area contributed by atoms with Crippen LogP contribution in [0.3, 0.4) is 0 Å². The molecule has 0 aliphatic rings. The van der Waals surface area contributed by atoms with Crippen LogP contribution in [-0.4, -0.2) is 24.4 Å². The van der Waals surface area contributed by atoms with Gasteiger partial charge in [0.15, 0.2) is 0 Å². The molecule has 0 aliphatic carbocycles. The first-order valence-electron chi connectivity index (χ1n) is 6.64. The molecule has 21 heavy (non-hydrogen) atoms. The first-order valence-corrected chi connectivity index (χ1v) is 7.43. The molecule has 2 N–H and O–H groups in total. The molecule has 0 saturated heterocycles. The van der Waals surface area contributed by atoms with Gasteiger partial charge in [-0.05, 0) is 30.3 Å². The molecule has 0 aromatic heterocycles. The minimum Gasteiger partial charge on any atom is -0.389 e. The largest absolute Gasteiger partial charge is 0.389 e. The Bertz CT molecular complexity index is 562. The summed E-state index contributed by atoms with van der Waals surface area (Å²) >= 11 is 3.36. The molecule has 112 valence electrons. The molecule has 1 unspecified atom stereocenters. The number of hydrogen-bond donors (Lipinski definition) is 2. The van der Waals surface area contributed by atoms with Crippen molar-refractivity contribution in [1.82, 2.24) is 0 Å². The third-order valence-corrected chi connectivity index (χ3v) is 3.44. The van der Waals surface area contributed by atoms with E-state index in [1.165, 1.54) is 6.07 Å². The van der Waals surface area contributed by atoms with Crippen LogP contribution in [0.5, 0.6) is 0 Å². The van der Waals surface area contributed by atoms with Crippen LogP contribution in [0.15, 0.2) is 53.0 Å². The summed E-state index contributed by atoms with van der Waals surface area (Å²) in [5.74, 6) is -0.292. The monoisotopic (exact) mass is 353 g/mol. The van der Waals surface area contributed by atoms with Crippen molar-refractivity contribution in [3.63, 3.8) is 0 Å². The minimum atomic E-state index is -0.652. The number of nitrogens with one attached hydrogen (secondary N) is 1. The fourth-order valence-electron chi connectivity index (χ4n) is 1.78. The maximum Gasteiger partial charge on any atom is 0.128 e. The van der Waals surface area contributed by atoms with Gasteiger partial charge in [-0.1, -0.05) is 34.1 Å². The van der Waals surface area contributed by atoms with Crippen LogP contribution < -0.4 is 5.32 Å². The molecule has 0 fully saturated rings. The standard InChI is InChI=1S/C16H17BrFNO2/c17-13-5-7-14(8-6-13)19-9-15(20)11-21-10-12-3-1-2-4-16(12)18/h1-8,15,19-20H,9-11H2. The maximum atomic E-state index is 13.4. The Morgan fingerprint density at radius 2 is 1.86 bits per heavy atom. The van der Waals surface area contributed by atoms with Gasteiger partial charge in [0.1, 0.15) is 5.82 Å². The third kappa shape index (κ3) is 5.46. The van der Waals surface area contributed by atoms with E-state index in [0.29, 0.717) is 12.1 Å². The molecular weight excluding hydrogens is 337 g/mol. The van der Waals surface area contributed by atoms with Gasteiger partial charge in [0.2, 0.25) is 0 Å². The van der Waals surface area contributed by atoms with Crippen molar-refractivity contribution < 1.29 is 14.2 Å². The smallest absolute Gasteiger partial charge is 0.128 e. The van der Waals surface area contributed by atoms with E-state index in [1.807, 2.05) is 24.3 Å². The van der Waals surface area contributed by atoms with E-state index in [1.54, 1.807) is 18.2 Å². The van der Waals surface area contributed by atoms with E-state index in [4.69, 9.17) is 4.74 Å². The van der Waals surface area contributed by atoms with Crippen LogP contribution in [0.2, 0.25) is 0 Å². The molecule has 0 aliphatic heterocycles. The summed E-state index contributed by atoms with van der Waals surface area (Å²) in [6.45, 7) is 0.679. The molecule has 0 radical (unpaired) electrons. The summed E-state index contributed by atoms with van der Waals surface area (Å²) in [5, 5.41) is 12.9. The van der Waals surface area contributed by atoms with E-state index in [9.17, 15) is 9.50 Å². The minimum absolute atomic E-state index is 0.151. The van der Waals surface area contributed by atoms with Gasteiger partial charge in [-0.25, -0.2) is 4.39 Å². The van der Waals surface area contributed by atoms with Crippen molar-refractivity contribution in [3.05, 3.63) is 64.4 Å². The zero-order valence-corrected chi connectivity index (χ0v) is 13.0. The Morgan fingerprint density at radius 1 is 1.14 bits per heavy atom. The number of benzene rings is 2. The zero-order valence-electron chi connectivity index (χ0n) is 11.4. The highest BCUT2D eigenvalue weighted by Crippen LogP contribution is 2.14. The van der Waals surface area contributed by atoms with Gasteiger partial charge in [-0.2, -0.15) is 0 Å². The van der Waals surface area contributed by atoms with E-state index >= 15 is 0 Å². The fourth-order valence-corrected chi connectivity index (χ4v) is 2.05. The molecule has 2 aromatic rings. The molecule has 0 spiro atoms. The van der Waals surface area contributed by atoms with Gasteiger partial charge in [0, 0.05) is 22.3 Å². The Hall–Kier alpha value is -1.43. The van der Waals surface area contributed by atoms with Crippen molar-refractivity contribution in [1.29, 1.82) is 0 Å². The number of aliphatic hydroxyl groups is 1. The van der Waals surface area contributed by atoms with Gasteiger partial charge in [0.05, 0.1) is 19.3 Å². The molecule has 0 bridgehead atoms. The summed E-state index contributed by atoms with van der Waals surface area (Å²) in [5.41, 5.74) is 1.41. The van der Waals surface area contributed by atoms with Gasteiger partial charge in [0.25, 0.3) is 0 Å². The van der Waals surface area contributed by atoms with Crippen molar-refractivity contribution in [2.45, 2.75) is 12.7 Å². The lowest BCUT2D eigenvalue weighted by Gasteiger charge is -2.13. The summed E-state index contributed by atoms with van der Waals surface area (Å²) in [7, 11) is 0. The van der Waals surface area contributed by atoms with Crippen LogP contribution in [0, 0.1) is 5.82 Å². The van der Waals surface area contributed by atoms with Crippen molar-refractivity contribution in [2.24, 2.45) is 0 Å². The number of halogens is 2. The van der Waals surface area contributed by atoms with Crippen LogP contribution in [0.25, 0.3) is 0 Å². The Kier molecular flexibility index (Phi) is 6.17. The van der Waals surface area contributed by atoms with Crippen LogP contribution in [0.1, 0.15) is 5.56 Å². The Labute approximate surface area is 131 Å². The average Bonchev–Trinajstić information content (AvgIpc) is 2.49. The van der Waals surface area contributed by atoms with Gasteiger partial charge in [-0.3, -0.25) is 0 Å². The van der Waals surface area contributed by atoms with Gasteiger partial charge >= 0.3 is 0 Å². The number of ether oxygens (including phenoxy) is 1. The van der Waals surface area contributed by atoms with Gasteiger partial charge in [-0.15, -0.1) is 0 Å². The number of anilines is 1. The Balaban J connectivity index is 1.69. The molecule has 0 saturated carbocycles. The Morgan fingerprint density at radius 3 is 2.57 bits per heavy atom. The van der Waals surface area contributed by atoms with E-state index in [-0.39, 0.29) is 19.0 Å². The predicted molar refractivity (Wildman–Crippen MR) is 84.7 cm³/mol. The zero-order chi connectivity index (χ0) is 15.1. The van der Waals surface area contributed by atoms with E-state index in [2.05, 4.69) is 21.2 Å². The molecule has 3 nitrogen and oxygen atoms in total. The van der Waals surface area contributed by atoms with E-state index in [0.717, 1.165) is 10.2 Å². The van der Waals surface area contributed by atoms with E-state index < -0.39 is 6.10 Å². The van der Waals surface area contributed by atoms with Crippen molar-refractivity contribution in [2.75, 3.05) is 18.5 Å². The average molecular weight is 354 g/mol. The van der Waals surface area contributed by atoms with Crippen molar-refractivity contribution >= 4 is 21.6 Å². The lowest BCUT2D eigenvalue weighted by molar-refractivity contribution is 0.0338. The quantitative estimate of drug-likeness (QED) is 0.799. The summed E-state index contributed by atoms with van der Waals surface area (Å²) < 4.78 is 19.7. The highest BCUT2D eigenvalue weighted by atomic mass is 79.9. The second kappa shape index (κ2) is 8.12. The van der Waals surface area contributed by atoms with Crippen LogP contribution in [-0.2, 0) is 11.3 Å². The predicted octanol–water partition coefficient (Wildman–Crippen LogP) is 3.58. The number of aliphatic hydroxyl groups excluding tert-OH is 1. The molecular formula is C16H17BrFNO2. The summed E-state index contributed by atoms with van der Waals surface area (Å²) in [6, 6.07) is 14.1. The normalized spacial score (nSPS) is 12.1.